The monoisotopic (exact) mass is 276 g/mol. The Balaban J connectivity index is 0.000000771. The zero-order valence-electron chi connectivity index (χ0n) is 10.7. The fourth-order valence-corrected chi connectivity index (χ4v) is 2.22. The minimum Gasteiger partial charge on any atom is -0.397 e. The molecule has 0 amide bonds. The maximum Gasteiger partial charge on any atom is 0.251 e. The van der Waals surface area contributed by atoms with Gasteiger partial charge in [0, 0.05) is 25.9 Å². The maximum atomic E-state index is 13.0. The average Bonchev–Trinajstić information content (AvgIpc) is 2.33. The smallest absolute Gasteiger partial charge is 0.251 e. The first-order chi connectivity index (χ1) is 8.49. The van der Waals surface area contributed by atoms with E-state index in [1.807, 2.05) is 18.7 Å². The second kappa shape index (κ2) is 6.23. The summed E-state index contributed by atoms with van der Waals surface area (Å²) in [5, 5.41) is 0.519. The van der Waals surface area contributed by atoms with Crippen molar-refractivity contribution in [3.8, 4) is 0 Å². The molecule has 0 bridgehead atoms. The second-order valence-electron chi connectivity index (χ2n) is 4.02. The molecule has 0 spiro atoms. The van der Waals surface area contributed by atoms with Crippen molar-refractivity contribution in [2.24, 2.45) is 0 Å². The fraction of sp³-hybridized carbons (Fsp3) is 0.538. The van der Waals surface area contributed by atoms with Gasteiger partial charge in [0.2, 0.25) is 0 Å². The Morgan fingerprint density at radius 3 is 2.28 bits per heavy atom. The number of hydrogen-bond acceptors (Lipinski definition) is 2. The first kappa shape index (κ1) is 15.0. The third-order valence-electron chi connectivity index (χ3n) is 2.83. The number of benzene rings is 1. The molecule has 1 heterocycles. The Bertz CT molecular complexity index is 366. The minimum atomic E-state index is -2.55. The van der Waals surface area contributed by atoms with Crippen molar-refractivity contribution < 1.29 is 8.78 Å². The van der Waals surface area contributed by atoms with Crippen LogP contribution in [0.2, 0.25) is 5.02 Å². The lowest BCUT2D eigenvalue weighted by atomic mass is 10.1. The summed E-state index contributed by atoms with van der Waals surface area (Å²) < 4.78 is 26.0. The summed E-state index contributed by atoms with van der Waals surface area (Å²) >= 11 is 6.02. The van der Waals surface area contributed by atoms with E-state index >= 15 is 0 Å². The van der Waals surface area contributed by atoms with Crippen LogP contribution in [0.1, 0.15) is 26.7 Å². The van der Waals surface area contributed by atoms with Crippen LogP contribution in [0.3, 0.4) is 0 Å². The molecule has 1 aliphatic heterocycles. The van der Waals surface area contributed by atoms with Crippen molar-refractivity contribution in [3.63, 3.8) is 0 Å². The Labute approximate surface area is 112 Å². The first-order valence-electron chi connectivity index (χ1n) is 6.16. The zero-order chi connectivity index (χ0) is 13.8. The number of nitrogen functional groups attached to an aromatic ring is 1. The lowest BCUT2D eigenvalue weighted by molar-refractivity contribution is -0.0220. The summed E-state index contributed by atoms with van der Waals surface area (Å²) in [7, 11) is 0. The van der Waals surface area contributed by atoms with Gasteiger partial charge in [0.1, 0.15) is 0 Å². The third-order valence-corrected chi connectivity index (χ3v) is 3.13. The van der Waals surface area contributed by atoms with E-state index < -0.39 is 5.92 Å². The van der Waals surface area contributed by atoms with Crippen LogP contribution in [-0.4, -0.2) is 19.0 Å². The molecule has 1 fully saturated rings. The van der Waals surface area contributed by atoms with Gasteiger partial charge >= 0.3 is 0 Å². The van der Waals surface area contributed by atoms with Gasteiger partial charge in [-0.15, -0.1) is 0 Å². The molecule has 0 unspecified atom stereocenters. The molecular formula is C13H19ClF2N2. The van der Waals surface area contributed by atoms with Crippen molar-refractivity contribution in [1.29, 1.82) is 0 Å². The van der Waals surface area contributed by atoms with E-state index in [1.165, 1.54) is 0 Å². The van der Waals surface area contributed by atoms with E-state index in [2.05, 4.69) is 0 Å². The van der Waals surface area contributed by atoms with E-state index in [-0.39, 0.29) is 12.8 Å². The molecule has 1 aliphatic rings. The Morgan fingerprint density at radius 1 is 1.22 bits per heavy atom. The number of nitrogens with two attached hydrogens (primary N) is 1. The maximum absolute atomic E-state index is 13.0. The average molecular weight is 277 g/mol. The number of nitrogens with zero attached hydrogens (tertiary/aromatic N) is 1. The summed E-state index contributed by atoms with van der Waals surface area (Å²) in [5.74, 6) is -2.55. The van der Waals surface area contributed by atoms with E-state index in [0.29, 0.717) is 29.5 Å². The highest BCUT2D eigenvalue weighted by Crippen LogP contribution is 2.36. The van der Waals surface area contributed by atoms with E-state index in [4.69, 9.17) is 17.3 Å². The van der Waals surface area contributed by atoms with Crippen molar-refractivity contribution in [2.45, 2.75) is 32.6 Å². The molecule has 2 rings (SSSR count). The molecular weight excluding hydrogens is 258 g/mol. The van der Waals surface area contributed by atoms with Crippen molar-refractivity contribution >= 4 is 23.0 Å². The highest BCUT2D eigenvalue weighted by molar-refractivity contribution is 6.34. The zero-order valence-corrected chi connectivity index (χ0v) is 11.5. The van der Waals surface area contributed by atoms with Crippen LogP contribution in [0.5, 0.6) is 0 Å². The topological polar surface area (TPSA) is 29.3 Å². The Morgan fingerprint density at radius 2 is 1.78 bits per heavy atom. The summed E-state index contributed by atoms with van der Waals surface area (Å²) in [5.41, 5.74) is 7.03. The quantitative estimate of drug-likeness (QED) is 0.780. The molecule has 0 saturated carbocycles. The molecule has 2 nitrogen and oxygen atoms in total. The number of para-hydroxylation sites is 1. The molecule has 1 aromatic rings. The minimum absolute atomic E-state index is 0.141. The molecule has 1 saturated heterocycles. The molecule has 1 aromatic carbocycles. The first-order valence-corrected chi connectivity index (χ1v) is 6.54. The molecule has 2 N–H and O–H groups in total. The lowest BCUT2D eigenvalue weighted by Crippen LogP contribution is -2.39. The van der Waals surface area contributed by atoms with Crippen LogP contribution in [0.15, 0.2) is 18.2 Å². The molecule has 0 atom stereocenters. The van der Waals surface area contributed by atoms with Gasteiger partial charge in [-0.3, -0.25) is 0 Å². The van der Waals surface area contributed by atoms with Crippen LogP contribution in [0, 0.1) is 0 Å². The second-order valence-corrected chi connectivity index (χ2v) is 4.43. The number of piperidine rings is 1. The van der Waals surface area contributed by atoms with E-state index in [9.17, 15) is 8.78 Å². The van der Waals surface area contributed by atoms with Gasteiger partial charge in [-0.1, -0.05) is 31.5 Å². The molecule has 0 aromatic heterocycles. The largest absolute Gasteiger partial charge is 0.397 e. The van der Waals surface area contributed by atoms with Gasteiger partial charge in [-0.25, -0.2) is 8.78 Å². The highest BCUT2D eigenvalue weighted by Gasteiger charge is 2.34. The molecule has 5 heteroatoms. The van der Waals surface area contributed by atoms with Crippen LogP contribution in [0.25, 0.3) is 0 Å². The normalized spacial score (nSPS) is 17.9. The molecule has 0 radical (unpaired) electrons. The van der Waals surface area contributed by atoms with Crippen molar-refractivity contribution in [3.05, 3.63) is 23.2 Å². The SMILES string of the molecule is CC.Nc1cccc(Cl)c1N1CCC(F)(F)CC1. The Kier molecular flexibility index (Phi) is 5.20. The number of alkyl halides is 2. The predicted molar refractivity (Wildman–Crippen MR) is 73.6 cm³/mol. The van der Waals surface area contributed by atoms with Gasteiger partial charge in [0.15, 0.2) is 0 Å². The van der Waals surface area contributed by atoms with Crippen LogP contribution < -0.4 is 10.6 Å². The van der Waals surface area contributed by atoms with E-state index in [1.54, 1.807) is 18.2 Å². The fourth-order valence-electron chi connectivity index (χ4n) is 1.92. The highest BCUT2D eigenvalue weighted by atomic mass is 35.5. The van der Waals surface area contributed by atoms with Gasteiger partial charge < -0.3 is 10.6 Å². The van der Waals surface area contributed by atoms with E-state index in [0.717, 1.165) is 0 Å². The van der Waals surface area contributed by atoms with Crippen molar-refractivity contribution in [1.82, 2.24) is 0 Å². The number of hydrogen-bond donors (Lipinski definition) is 1. The summed E-state index contributed by atoms with van der Waals surface area (Å²) in [6.45, 7) is 4.59. The number of halogens is 3. The van der Waals surface area contributed by atoms with Crippen LogP contribution >= 0.6 is 11.6 Å². The predicted octanol–water partition coefficient (Wildman–Crippen LogP) is 4.18. The summed E-state index contributed by atoms with van der Waals surface area (Å²) in [6.07, 6.45) is -0.282. The summed E-state index contributed by atoms with van der Waals surface area (Å²) in [6, 6.07) is 5.20. The Hall–Kier alpha value is -1.03. The van der Waals surface area contributed by atoms with Crippen molar-refractivity contribution in [2.75, 3.05) is 23.7 Å². The number of rotatable bonds is 1. The molecule has 0 aliphatic carbocycles. The van der Waals surface area contributed by atoms with Gasteiger partial charge in [0.25, 0.3) is 5.92 Å². The van der Waals surface area contributed by atoms with Crippen LogP contribution in [0.4, 0.5) is 20.2 Å². The van der Waals surface area contributed by atoms with Gasteiger partial charge in [-0.05, 0) is 12.1 Å². The molecule has 18 heavy (non-hydrogen) atoms. The van der Waals surface area contributed by atoms with Gasteiger partial charge in [-0.2, -0.15) is 0 Å². The lowest BCUT2D eigenvalue weighted by Gasteiger charge is -2.34. The van der Waals surface area contributed by atoms with Crippen LogP contribution in [-0.2, 0) is 0 Å². The number of anilines is 2. The third kappa shape index (κ3) is 3.48. The molecule has 102 valence electrons. The summed E-state index contributed by atoms with van der Waals surface area (Å²) in [4.78, 5) is 1.83. The van der Waals surface area contributed by atoms with Gasteiger partial charge in [0.05, 0.1) is 16.4 Å². The standard InChI is InChI=1S/C11H13ClF2N2.C2H6/c12-8-2-1-3-9(15)10(8)16-6-4-11(13,14)5-7-16;1-2/h1-3H,4-7,15H2;1-2H3.